The molecule has 37 heavy (non-hydrogen) atoms. The molecular weight excluding hydrogens is 492 g/mol. The molecule has 2 aliphatic rings. The van der Waals surface area contributed by atoms with E-state index in [4.69, 9.17) is 26.4 Å². The van der Waals surface area contributed by atoms with Crippen LogP contribution in [0.3, 0.4) is 0 Å². The lowest BCUT2D eigenvalue weighted by Gasteiger charge is -2.35. The highest BCUT2D eigenvalue weighted by atomic mass is 35.5. The number of nitrogens with zero attached hydrogens (tertiary/aromatic N) is 6. The van der Waals surface area contributed by atoms with E-state index in [1.165, 1.54) is 0 Å². The van der Waals surface area contributed by atoms with Gasteiger partial charge in [-0.2, -0.15) is 10.4 Å². The molecule has 1 amide bonds. The molecule has 1 aromatic carbocycles. The van der Waals surface area contributed by atoms with Crippen molar-refractivity contribution in [2.75, 3.05) is 24.5 Å². The summed E-state index contributed by atoms with van der Waals surface area (Å²) in [5.41, 5.74) is 2.79. The summed E-state index contributed by atoms with van der Waals surface area (Å²) in [6, 6.07) is 9.06. The maximum Gasteiger partial charge on any atom is 0.258 e. The highest BCUT2D eigenvalue weighted by Gasteiger charge is 2.34. The van der Waals surface area contributed by atoms with E-state index in [1.807, 2.05) is 42.8 Å². The van der Waals surface area contributed by atoms with E-state index in [2.05, 4.69) is 6.07 Å². The van der Waals surface area contributed by atoms with Gasteiger partial charge in [0.05, 0.1) is 41.5 Å². The Kier molecular flexibility index (Phi) is 6.97. The normalized spacial score (nSPS) is 22.0. The van der Waals surface area contributed by atoms with Crippen molar-refractivity contribution in [1.82, 2.24) is 19.5 Å². The first-order valence-corrected chi connectivity index (χ1v) is 13.1. The lowest BCUT2D eigenvalue weighted by Crippen LogP contribution is -2.39. The van der Waals surface area contributed by atoms with Crippen LogP contribution in [0.5, 0.6) is 5.75 Å². The zero-order chi connectivity index (χ0) is 26.3. The number of amides is 1. The summed E-state index contributed by atoms with van der Waals surface area (Å²) in [6.45, 7) is 7.22. The summed E-state index contributed by atoms with van der Waals surface area (Å²) in [5, 5.41) is 24.8. The maximum atomic E-state index is 13.8. The number of aryl methyl sites for hydroxylation is 1. The van der Waals surface area contributed by atoms with Gasteiger partial charge >= 0.3 is 0 Å². The number of rotatable bonds is 5. The molecule has 2 fully saturated rings. The van der Waals surface area contributed by atoms with Gasteiger partial charge in [0.25, 0.3) is 5.91 Å². The number of carbonyl (C=O) groups is 1. The van der Waals surface area contributed by atoms with Crippen LogP contribution in [-0.2, 0) is 0 Å². The van der Waals surface area contributed by atoms with Gasteiger partial charge in [-0.1, -0.05) is 11.6 Å². The van der Waals surface area contributed by atoms with Crippen LogP contribution in [0.2, 0.25) is 5.02 Å². The van der Waals surface area contributed by atoms with Crippen molar-refractivity contribution in [2.24, 2.45) is 5.92 Å². The molecule has 0 saturated carbocycles. The van der Waals surface area contributed by atoms with Crippen LogP contribution >= 0.6 is 11.6 Å². The number of aliphatic hydroxyl groups excluding tert-OH is 1. The molecule has 2 aromatic heterocycles. The van der Waals surface area contributed by atoms with E-state index >= 15 is 0 Å². The van der Waals surface area contributed by atoms with Crippen LogP contribution in [0, 0.1) is 24.2 Å². The van der Waals surface area contributed by atoms with Gasteiger partial charge in [0, 0.05) is 42.5 Å². The van der Waals surface area contributed by atoms with Gasteiger partial charge in [-0.3, -0.25) is 4.79 Å². The topological polar surface area (TPSA) is 107 Å². The van der Waals surface area contributed by atoms with Crippen LogP contribution in [-0.4, -0.2) is 62.4 Å². The van der Waals surface area contributed by atoms with Crippen molar-refractivity contribution >= 4 is 29.0 Å². The predicted octanol–water partition coefficient (Wildman–Crippen LogP) is 4.17. The summed E-state index contributed by atoms with van der Waals surface area (Å²) < 4.78 is 7.66. The first kappa shape index (κ1) is 25.3. The number of halogens is 1. The number of nitriles is 1. The van der Waals surface area contributed by atoms with Gasteiger partial charge in [0.2, 0.25) is 0 Å². The lowest BCUT2D eigenvalue weighted by atomic mass is 9.98. The number of ether oxygens (including phenoxy) is 1. The lowest BCUT2D eigenvalue weighted by molar-refractivity contribution is 0.0600. The largest absolute Gasteiger partial charge is 0.490 e. The average molecular weight is 523 g/mol. The van der Waals surface area contributed by atoms with Crippen molar-refractivity contribution in [3.05, 3.63) is 52.3 Å². The fourth-order valence-electron chi connectivity index (χ4n) is 5.25. The van der Waals surface area contributed by atoms with Crippen LogP contribution in [0.1, 0.15) is 60.8 Å². The minimum atomic E-state index is -0.694. The molecule has 5 rings (SSSR count). The summed E-state index contributed by atoms with van der Waals surface area (Å²) in [4.78, 5) is 22.5. The summed E-state index contributed by atoms with van der Waals surface area (Å²) in [7, 11) is 0. The first-order chi connectivity index (χ1) is 17.7. The molecule has 0 bridgehead atoms. The highest BCUT2D eigenvalue weighted by molar-refractivity contribution is 6.31. The van der Waals surface area contributed by atoms with Crippen molar-refractivity contribution in [1.29, 1.82) is 5.26 Å². The first-order valence-electron chi connectivity index (χ1n) is 12.7. The Bertz CT molecular complexity index is 1370. The van der Waals surface area contributed by atoms with Gasteiger partial charge in [-0.15, -0.1) is 0 Å². The standard InChI is InChI=1S/C27H31ClN6O3/c1-16(2)37-24-8-7-19(28)10-20(24)27(36)33-9-5-4-6-22(33)21-11-25-30-26(17(3)13-34(25)31-21)32-14-18(12-29)23(35)15-32/h7-8,10-11,13,16,18,22-23,35H,4-6,9,14-15H2,1-3H3/t18-,22+,23+/m1/s1. The minimum absolute atomic E-state index is 0.0769. The second kappa shape index (κ2) is 10.2. The van der Waals surface area contributed by atoms with Gasteiger partial charge in [0.1, 0.15) is 11.6 Å². The van der Waals surface area contributed by atoms with Crippen LogP contribution in [0.15, 0.2) is 30.5 Å². The fourth-order valence-corrected chi connectivity index (χ4v) is 5.42. The predicted molar refractivity (Wildman–Crippen MR) is 140 cm³/mol. The summed E-state index contributed by atoms with van der Waals surface area (Å²) >= 11 is 6.27. The Morgan fingerprint density at radius 2 is 2.08 bits per heavy atom. The average Bonchev–Trinajstić information content (AvgIpc) is 3.46. The van der Waals surface area contributed by atoms with Gasteiger partial charge in [-0.25, -0.2) is 9.50 Å². The molecule has 2 aliphatic heterocycles. The molecule has 194 valence electrons. The van der Waals surface area contributed by atoms with Crippen molar-refractivity contribution in [2.45, 2.75) is 58.3 Å². The summed E-state index contributed by atoms with van der Waals surface area (Å²) in [6.07, 6.45) is 3.84. The quantitative estimate of drug-likeness (QED) is 0.536. The Morgan fingerprint density at radius 1 is 1.27 bits per heavy atom. The van der Waals surface area contributed by atoms with Crippen molar-refractivity contribution < 1.29 is 14.6 Å². The molecule has 3 aromatic rings. The number of anilines is 1. The number of fused-ring (bicyclic) bond motifs is 1. The monoisotopic (exact) mass is 522 g/mol. The molecule has 0 aliphatic carbocycles. The SMILES string of the molecule is Cc1cn2nc([C@@H]3CCCCN3C(=O)c3cc(Cl)ccc3OC(C)C)cc2nc1N1C[C@@H](C#N)[C@@H](O)C1. The smallest absolute Gasteiger partial charge is 0.258 e. The zero-order valence-electron chi connectivity index (χ0n) is 21.3. The molecule has 10 heteroatoms. The molecule has 2 saturated heterocycles. The zero-order valence-corrected chi connectivity index (χ0v) is 22.0. The second-order valence-corrected chi connectivity index (χ2v) is 10.6. The maximum absolute atomic E-state index is 13.8. The van der Waals surface area contributed by atoms with Gasteiger partial charge < -0.3 is 19.6 Å². The Balaban J connectivity index is 1.47. The van der Waals surface area contributed by atoms with E-state index in [0.717, 1.165) is 36.3 Å². The molecule has 0 radical (unpaired) electrons. The Morgan fingerprint density at radius 3 is 2.81 bits per heavy atom. The van der Waals surface area contributed by atoms with Gasteiger partial charge in [-0.05, 0) is 58.2 Å². The fraction of sp³-hybridized carbons (Fsp3) is 0.481. The molecule has 3 atom stereocenters. The number of piperidine rings is 1. The second-order valence-electron chi connectivity index (χ2n) is 10.1. The molecule has 4 heterocycles. The van der Waals surface area contributed by atoms with Crippen LogP contribution in [0.4, 0.5) is 5.82 Å². The molecule has 0 spiro atoms. The summed E-state index contributed by atoms with van der Waals surface area (Å²) in [5.74, 6) is 0.699. The number of benzene rings is 1. The minimum Gasteiger partial charge on any atom is -0.490 e. The van der Waals surface area contributed by atoms with Crippen LogP contribution in [0.25, 0.3) is 5.65 Å². The van der Waals surface area contributed by atoms with E-state index in [9.17, 15) is 15.2 Å². The van der Waals surface area contributed by atoms with Gasteiger partial charge in [0.15, 0.2) is 5.65 Å². The Labute approximate surface area is 221 Å². The number of hydrogen-bond acceptors (Lipinski definition) is 7. The highest BCUT2D eigenvalue weighted by Crippen LogP contribution is 2.35. The van der Waals surface area contributed by atoms with Crippen molar-refractivity contribution in [3.63, 3.8) is 0 Å². The third kappa shape index (κ3) is 4.96. The Hall–Kier alpha value is -3.35. The molecular formula is C27H31ClN6O3. The third-order valence-corrected chi connectivity index (χ3v) is 7.25. The van der Waals surface area contributed by atoms with E-state index in [0.29, 0.717) is 41.6 Å². The van der Waals surface area contributed by atoms with Crippen LogP contribution < -0.4 is 9.64 Å². The van der Waals surface area contributed by atoms with E-state index < -0.39 is 12.0 Å². The molecule has 1 N–H and O–H groups in total. The number of carbonyl (C=O) groups excluding carboxylic acids is 1. The number of aromatic nitrogens is 3. The van der Waals surface area contributed by atoms with E-state index in [1.54, 1.807) is 22.7 Å². The van der Waals surface area contributed by atoms with E-state index in [-0.39, 0.29) is 18.1 Å². The number of hydrogen-bond donors (Lipinski definition) is 1. The molecule has 9 nitrogen and oxygen atoms in total. The number of likely N-dealkylation sites (tertiary alicyclic amines) is 1. The third-order valence-electron chi connectivity index (χ3n) is 7.02. The number of β-amino-alcohol motifs (C(OH)–C–C–N with tert-alkyl or cyclic N) is 1. The van der Waals surface area contributed by atoms with Crippen molar-refractivity contribution in [3.8, 4) is 11.8 Å². The number of aliphatic hydroxyl groups is 1. The molecule has 0 unspecified atom stereocenters.